The predicted octanol–water partition coefficient (Wildman–Crippen LogP) is 4.07. The van der Waals surface area contributed by atoms with Crippen molar-refractivity contribution in [2.24, 2.45) is 0 Å². The third kappa shape index (κ3) is 4.22. The lowest BCUT2D eigenvalue weighted by Gasteiger charge is -2.14. The molecule has 0 fully saturated rings. The van der Waals surface area contributed by atoms with E-state index in [1.165, 1.54) is 11.3 Å². The molecule has 0 aliphatic carbocycles. The highest BCUT2D eigenvalue weighted by atomic mass is 79.9. The number of carbonyl (C=O) groups is 1. The Morgan fingerprint density at radius 1 is 1.38 bits per heavy atom. The van der Waals surface area contributed by atoms with Gasteiger partial charge in [0.15, 0.2) is 0 Å². The zero-order valence-electron chi connectivity index (χ0n) is 11.8. The van der Waals surface area contributed by atoms with Crippen LogP contribution in [0.15, 0.2) is 28.7 Å². The number of hydrogen-bond donors (Lipinski definition) is 2. The number of aryl methyl sites for hydroxylation is 1. The lowest BCUT2D eigenvalue weighted by molar-refractivity contribution is -0.136. The van der Waals surface area contributed by atoms with Crippen LogP contribution in [0.1, 0.15) is 15.3 Å². The number of carboxylic acid groups (broad SMARTS) is 1. The van der Waals surface area contributed by atoms with Crippen LogP contribution in [0.25, 0.3) is 0 Å². The molecule has 0 saturated carbocycles. The van der Waals surface area contributed by atoms with Crippen LogP contribution in [0, 0.1) is 6.92 Å². The molecular weight excluding hydrogens is 354 g/mol. The van der Waals surface area contributed by atoms with Gasteiger partial charge in [-0.3, -0.25) is 4.79 Å². The molecule has 6 heteroatoms. The summed E-state index contributed by atoms with van der Waals surface area (Å²) in [6.45, 7) is 2.66. The van der Waals surface area contributed by atoms with Crippen LogP contribution in [-0.4, -0.2) is 18.2 Å². The molecule has 2 N–H and O–H groups in total. The summed E-state index contributed by atoms with van der Waals surface area (Å²) in [6, 6.07) is 7.76. The highest BCUT2D eigenvalue weighted by Gasteiger charge is 2.09. The number of anilines is 1. The molecule has 0 radical (unpaired) electrons. The first kappa shape index (κ1) is 15.9. The number of halogens is 1. The molecule has 2 aromatic rings. The predicted molar refractivity (Wildman–Crippen MR) is 88.4 cm³/mol. The van der Waals surface area contributed by atoms with Gasteiger partial charge < -0.3 is 15.2 Å². The van der Waals surface area contributed by atoms with Crippen LogP contribution in [0.3, 0.4) is 0 Å². The molecule has 1 heterocycles. The van der Waals surface area contributed by atoms with E-state index in [1.54, 1.807) is 7.11 Å². The quantitative estimate of drug-likeness (QED) is 0.805. The molecular formula is C15H16BrNO3S. The first-order valence-corrected chi connectivity index (χ1v) is 7.98. The lowest BCUT2D eigenvalue weighted by atomic mass is 10.2. The smallest absolute Gasteiger partial charge is 0.308 e. The fourth-order valence-electron chi connectivity index (χ4n) is 2.04. The van der Waals surface area contributed by atoms with E-state index in [0.717, 1.165) is 31.2 Å². The maximum Gasteiger partial charge on any atom is 0.308 e. The number of methoxy groups -OCH3 is 1. The second-order valence-electron chi connectivity index (χ2n) is 4.59. The maximum absolute atomic E-state index is 10.7. The average Bonchev–Trinajstić information content (AvgIpc) is 2.83. The van der Waals surface area contributed by atoms with Gasteiger partial charge in [0.2, 0.25) is 0 Å². The summed E-state index contributed by atoms with van der Waals surface area (Å²) in [6.07, 6.45) is 0.0747. The Bertz CT molecular complexity index is 654. The zero-order valence-corrected chi connectivity index (χ0v) is 14.2. The molecule has 0 aliphatic heterocycles. The first-order chi connectivity index (χ1) is 9.99. The van der Waals surface area contributed by atoms with E-state index in [9.17, 15) is 4.79 Å². The summed E-state index contributed by atoms with van der Waals surface area (Å²) in [7, 11) is 1.64. The van der Waals surface area contributed by atoms with E-state index in [2.05, 4.69) is 21.2 Å². The normalized spacial score (nSPS) is 10.4. The van der Waals surface area contributed by atoms with E-state index in [0.29, 0.717) is 6.54 Å². The molecule has 0 aliphatic rings. The standard InChI is InChI=1S/C15H16BrNO3S/c1-9-5-10(16)6-13(20-2)15(9)17-8-12-4-3-11(21-12)7-14(18)19/h3-6,17H,7-8H2,1-2H3,(H,18,19). The van der Waals surface area contributed by atoms with Crippen molar-refractivity contribution in [3.63, 3.8) is 0 Å². The number of hydrogen-bond acceptors (Lipinski definition) is 4. The molecule has 0 atom stereocenters. The molecule has 0 amide bonds. The molecule has 0 unspecified atom stereocenters. The van der Waals surface area contributed by atoms with Crippen molar-refractivity contribution in [1.82, 2.24) is 0 Å². The fraction of sp³-hybridized carbons (Fsp3) is 0.267. The number of aliphatic carboxylic acids is 1. The van der Waals surface area contributed by atoms with E-state index in [4.69, 9.17) is 9.84 Å². The van der Waals surface area contributed by atoms with E-state index < -0.39 is 5.97 Å². The molecule has 0 spiro atoms. The van der Waals surface area contributed by atoms with Crippen LogP contribution in [-0.2, 0) is 17.8 Å². The van der Waals surface area contributed by atoms with Crippen LogP contribution >= 0.6 is 27.3 Å². The lowest BCUT2D eigenvalue weighted by Crippen LogP contribution is -2.02. The summed E-state index contributed by atoms with van der Waals surface area (Å²) in [5.41, 5.74) is 2.04. The Hall–Kier alpha value is -1.53. The molecule has 0 bridgehead atoms. The van der Waals surface area contributed by atoms with E-state index >= 15 is 0 Å². The van der Waals surface area contributed by atoms with Gasteiger partial charge in [0, 0.05) is 20.8 Å². The third-order valence-corrected chi connectivity index (χ3v) is 4.51. The minimum Gasteiger partial charge on any atom is -0.495 e. The summed E-state index contributed by atoms with van der Waals surface area (Å²) < 4.78 is 6.36. The molecule has 112 valence electrons. The minimum atomic E-state index is -0.804. The Kier molecular flexibility index (Phi) is 5.25. The van der Waals surface area contributed by atoms with Crippen LogP contribution in [0.2, 0.25) is 0 Å². The van der Waals surface area contributed by atoms with E-state index in [1.807, 2.05) is 31.2 Å². The topological polar surface area (TPSA) is 58.6 Å². The Balaban J connectivity index is 2.09. The molecule has 4 nitrogen and oxygen atoms in total. The highest BCUT2D eigenvalue weighted by molar-refractivity contribution is 9.10. The maximum atomic E-state index is 10.7. The van der Waals surface area contributed by atoms with Crippen molar-refractivity contribution in [2.75, 3.05) is 12.4 Å². The summed E-state index contributed by atoms with van der Waals surface area (Å²) in [5.74, 6) is -0.0222. The monoisotopic (exact) mass is 369 g/mol. The first-order valence-electron chi connectivity index (χ1n) is 6.37. The number of benzene rings is 1. The van der Waals surface area contributed by atoms with Crippen molar-refractivity contribution in [1.29, 1.82) is 0 Å². The Morgan fingerprint density at radius 2 is 2.10 bits per heavy atom. The number of carboxylic acids is 1. The Morgan fingerprint density at radius 3 is 2.76 bits per heavy atom. The van der Waals surface area contributed by atoms with Crippen LogP contribution < -0.4 is 10.1 Å². The summed E-state index contributed by atoms with van der Waals surface area (Å²) in [5, 5.41) is 12.1. The van der Waals surface area contributed by atoms with Gasteiger partial charge in [-0.25, -0.2) is 0 Å². The second kappa shape index (κ2) is 6.95. The van der Waals surface area contributed by atoms with Crippen LogP contribution in [0.5, 0.6) is 5.75 Å². The van der Waals surface area contributed by atoms with E-state index in [-0.39, 0.29) is 6.42 Å². The van der Waals surface area contributed by atoms with Gasteiger partial charge in [0.1, 0.15) is 5.75 Å². The van der Waals surface area contributed by atoms with Crippen molar-refractivity contribution in [3.8, 4) is 5.75 Å². The van der Waals surface area contributed by atoms with Gasteiger partial charge in [-0.05, 0) is 36.8 Å². The molecule has 1 aromatic carbocycles. The van der Waals surface area contributed by atoms with Crippen molar-refractivity contribution < 1.29 is 14.6 Å². The SMILES string of the molecule is COc1cc(Br)cc(C)c1NCc1ccc(CC(=O)O)s1. The van der Waals surface area contributed by atoms with Gasteiger partial charge in [0.05, 0.1) is 19.2 Å². The molecule has 2 rings (SSSR count). The third-order valence-electron chi connectivity index (χ3n) is 2.97. The number of nitrogens with one attached hydrogen (secondary N) is 1. The molecule has 1 aromatic heterocycles. The van der Waals surface area contributed by atoms with Gasteiger partial charge in [0.25, 0.3) is 0 Å². The fourth-order valence-corrected chi connectivity index (χ4v) is 3.54. The highest BCUT2D eigenvalue weighted by Crippen LogP contribution is 2.32. The van der Waals surface area contributed by atoms with Crippen molar-refractivity contribution >= 4 is 38.9 Å². The van der Waals surface area contributed by atoms with Crippen LogP contribution in [0.4, 0.5) is 5.69 Å². The molecule has 0 saturated heterocycles. The van der Waals surface area contributed by atoms with Crippen molar-refractivity contribution in [2.45, 2.75) is 19.9 Å². The minimum absolute atomic E-state index is 0.0747. The Labute approximate surface area is 135 Å². The van der Waals surface area contributed by atoms with Gasteiger partial charge in [-0.15, -0.1) is 11.3 Å². The van der Waals surface area contributed by atoms with Gasteiger partial charge >= 0.3 is 5.97 Å². The summed E-state index contributed by atoms with van der Waals surface area (Å²) >= 11 is 4.96. The number of rotatable bonds is 6. The zero-order chi connectivity index (χ0) is 15.4. The second-order valence-corrected chi connectivity index (χ2v) is 6.76. The van der Waals surface area contributed by atoms with Gasteiger partial charge in [-0.2, -0.15) is 0 Å². The summed E-state index contributed by atoms with van der Waals surface area (Å²) in [4.78, 5) is 12.6. The largest absolute Gasteiger partial charge is 0.495 e. The number of thiophene rings is 1. The number of ether oxygens (including phenoxy) is 1. The average molecular weight is 370 g/mol. The molecule has 21 heavy (non-hydrogen) atoms. The van der Waals surface area contributed by atoms with Crippen molar-refractivity contribution in [3.05, 3.63) is 44.1 Å². The van der Waals surface area contributed by atoms with Gasteiger partial charge in [-0.1, -0.05) is 15.9 Å².